The van der Waals surface area contributed by atoms with Gasteiger partial charge in [-0.3, -0.25) is 0 Å². The quantitative estimate of drug-likeness (QED) is 0.0961. The molecule has 0 aliphatic rings. The molecular formula is C60H46. The fourth-order valence-corrected chi connectivity index (χ4v) is 8.29. The summed E-state index contributed by atoms with van der Waals surface area (Å²) in [5, 5.41) is 4.91. The smallest absolute Gasteiger partial charge is 0.00987 e. The van der Waals surface area contributed by atoms with E-state index >= 15 is 0 Å². The van der Waals surface area contributed by atoms with Crippen molar-refractivity contribution in [2.45, 2.75) is 13.8 Å². The van der Waals surface area contributed by atoms with Gasteiger partial charge in [0.05, 0.1) is 0 Å². The molecule has 0 atom stereocenters. The zero-order chi connectivity index (χ0) is 40.7. The Kier molecular flexibility index (Phi) is 11.1. The molecule has 0 saturated carbocycles. The van der Waals surface area contributed by atoms with Crippen molar-refractivity contribution in [2.75, 3.05) is 0 Å². The average molecular weight is 767 g/mol. The highest BCUT2D eigenvalue weighted by atomic mass is 14.2. The molecule has 60 heavy (non-hydrogen) atoms. The lowest BCUT2D eigenvalue weighted by Crippen LogP contribution is -1.91. The SMILES string of the molecule is Cc1ccc(C=Cc2c3ccccc3c(C=Cc3ccc(C)cc3C=C(c3ccccc3)c3ccccc3)c3ccccc23)c(C=C(c2ccccc2)c2ccccc2)c1. The molecule has 0 saturated heterocycles. The summed E-state index contributed by atoms with van der Waals surface area (Å²) in [5.74, 6) is 0. The highest BCUT2D eigenvalue weighted by Crippen LogP contribution is 2.37. The van der Waals surface area contributed by atoms with Crippen molar-refractivity contribution in [3.63, 3.8) is 0 Å². The fraction of sp³-hybridized carbons (Fsp3) is 0.0333. The lowest BCUT2D eigenvalue weighted by atomic mass is 9.89. The van der Waals surface area contributed by atoms with E-state index in [0.717, 1.165) is 0 Å². The van der Waals surface area contributed by atoms with Crippen LogP contribution in [0.3, 0.4) is 0 Å². The summed E-state index contributed by atoms with van der Waals surface area (Å²) in [6, 6.07) is 74.0. The molecule has 9 aromatic rings. The Labute approximate surface area is 354 Å². The maximum atomic E-state index is 2.35. The van der Waals surface area contributed by atoms with Gasteiger partial charge in [0.1, 0.15) is 0 Å². The van der Waals surface area contributed by atoms with Gasteiger partial charge in [0.25, 0.3) is 0 Å². The molecule has 0 radical (unpaired) electrons. The van der Waals surface area contributed by atoms with E-state index in [0.29, 0.717) is 0 Å². The van der Waals surface area contributed by atoms with Crippen LogP contribution in [0.15, 0.2) is 206 Å². The van der Waals surface area contributed by atoms with E-state index in [2.05, 4.69) is 257 Å². The summed E-state index contributed by atoms with van der Waals surface area (Å²) in [7, 11) is 0. The molecule has 9 rings (SSSR count). The minimum atomic E-state index is 1.17. The summed E-state index contributed by atoms with van der Waals surface area (Å²) in [5.41, 5.74) is 16.8. The summed E-state index contributed by atoms with van der Waals surface area (Å²) in [4.78, 5) is 0. The predicted molar refractivity (Wildman–Crippen MR) is 261 cm³/mol. The van der Waals surface area contributed by atoms with Crippen LogP contribution >= 0.6 is 0 Å². The predicted octanol–water partition coefficient (Wildman–Crippen LogP) is 16.1. The van der Waals surface area contributed by atoms with Gasteiger partial charge in [-0.25, -0.2) is 0 Å². The Bertz CT molecular complexity index is 2700. The van der Waals surface area contributed by atoms with E-state index < -0.39 is 0 Å². The molecule has 0 aliphatic heterocycles. The third-order valence-electron chi connectivity index (χ3n) is 11.3. The number of rotatable bonds is 10. The van der Waals surface area contributed by atoms with Crippen molar-refractivity contribution in [1.29, 1.82) is 0 Å². The van der Waals surface area contributed by atoms with Gasteiger partial charge in [-0.05, 0) is 114 Å². The van der Waals surface area contributed by atoms with Crippen LogP contribution in [0.5, 0.6) is 0 Å². The van der Waals surface area contributed by atoms with Crippen molar-refractivity contribution in [3.05, 3.63) is 273 Å². The number of fused-ring (bicyclic) bond motifs is 2. The molecule has 9 aromatic carbocycles. The van der Waals surface area contributed by atoms with E-state index in [-0.39, 0.29) is 0 Å². The summed E-state index contributed by atoms with van der Waals surface area (Å²) in [6.45, 7) is 4.34. The second kappa shape index (κ2) is 17.5. The highest BCUT2D eigenvalue weighted by Gasteiger charge is 2.13. The van der Waals surface area contributed by atoms with Crippen molar-refractivity contribution < 1.29 is 0 Å². The van der Waals surface area contributed by atoms with E-state index in [1.165, 1.54) is 99.5 Å². The second-order valence-electron chi connectivity index (χ2n) is 15.4. The molecule has 0 heteroatoms. The standard InChI is InChI=1S/C60H46/c1-43-31-33-45(51(39-43)41-59(47-19-7-3-8-20-47)48-21-9-4-10-22-48)35-37-57-53-27-15-17-29-55(53)58(56-30-18-16-28-54(56)57)38-36-46-34-32-44(2)40-52(46)42-60(49-23-11-5-12-24-49)50-25-13-6-14-26-50/h3-42H,1-2H3. The number of benzene rings is 9. The normalized spacial score (nSPS) is 11.4. The molecule has 0 fully saturated rings. The maximum Gasteiger partial charge on any atom is -0.00987 e. The van der Waals surface area contributed by atoms with Crippen LogP contribution in [0, 0.1) is 13.8 Å². The first-order chi connectivity index (χ1) is 29.6. The largest absolute Gasteiger partial charge is 0.0622 e. The molecule has 286 valence electrons. The molecular weight excluding hydrogens is 721 g/mol. The van der Waals surface area contributed by atoms with Crippen molar-refractivity contribution in [1.82, 2.24) is 0 Å². The highest BCUT2D eigenvalue weighted by molar-refractivity contribution is 6.14. The van der Waals surface area contributed by atoms with Gasteiger partial charge in [0, 0.05) is 0 Å². The van der Waals surface area contributed by atoms with E-state index in [4.69, 9.17) is 0 Å². The first kappa shape index (κ1) is 38.0. The third kappa shape index (κ3) is 8.23. The lowest BCUT2D eigenvalue weighted by Gasteiger charge is -2.14. The van der Waals surface area contributed by atoms with Crippen LogP contribution in [-0.4, -0.2) is 0 Å². The Morgan fingerprint density at radius 2 is 0.567 bits per heavy atom. The van der Waals surface area contributed by atoms with Gasteiger partial charge < -0.3 is 0 Å². The first-order valence-electron chi connectivity index (χ1n) is 20.7. The zero-order valence-corrected chi connectivity index (χ0v) is 34.1. The van der Waals surface area contributed by atoms with E-state index in [1.54, 1.807) is 0 Å². The Morgan fingerprint density at radius 3 is 0.867 bits per heavy atom. The molecule has 0 amide bonds. The molecule has 0 aromatic heterocycles. The topological polar surface area (TPSA) is 0 Å². The van der Waals surface area contributed by atoms with Crippen molar-refractivity contribution in [2.24, 2.45) is 0 Å². The lowest BCUT2D eigenvalue weighted by molar-refractivity contribution is 1.44. The minimum absolute atomic E-state index is 1.17. The van der Waals surface area contributed by atoms with Crippen LogP contribution < -0.4 is 0 Å². The van der Waals surface area contributed by atoms with Crippen molar-refractivity contribution >= 4 is 69.1 Å². The number of hydrogen-bond acceptors (Lipinski definition) is 0. The second-order valence-corrected chi connectivity index (χ2v) is 15.4. The minimum Gasteiger partial charge on any atom is -0.0622 e. The average Bonchev–Trinajstić information content (AvgIpc) is 3.30. The van der Waals surface area contributed by atoms with Gasteiger partial charge in [-0.1, -0.05) is 242 Å². The fourth-order valence-electron chi connectivity index (χ4n) is 8.29. The summed E-state index contributed by atoms with van der Waals surface area (Å²) < 4.78 is 0. The Hall–Kier alpha value is -7.54. The monoisotopic (exact) mass is 766 g/mol. The molecule has 0 unspecified atom stereocenters. The number of hydrogen-bond donors (Lipinski definition) is 0. The van der Waals surface area contributed by atoms with Crippen LogP contribution in [0.25, 0.3) is 69.1 Å². The van der Waals surface area contributed by atoms with Gasteiger partial charge in [0.15, 0.2) is 0 Å². The molecule has 0 bridgehead atoms. The molecule has 0 nitrogen and oxygen atoms in total. The van der Waals surface area contributed by atoms with Gasteiger partial charge in [0.2, 0.25) is 0 Å². The molecule has 0 N–H and O–H groups in total. The maximum absolute atomic E-state index is 2.35. The van der Waals surface area contributed by atoms with Gasteiger partial charge in [-0.2, -0.15) is 0 Å². The first-order valence-corrected chi connectivity index (χ1v) is 20.7. The van der Waals surface area contributed by atoms with E-state index in [9.17, 15) is 0 Å². The van der Waals surface area contributed by atoms with Gasteiger partial charge >= 0.3 is 0 Å². The zero-order valence-electron chi connectivity index (χ0n) is 34.1. The molecule has 0 aliphatic carbocycles. The van der Waals surface area contributed by atoms with Crippen molar-refractivity contribution in [3.8, 4) is 0 Å². The molecule has 0 spiro atoms. The Morgan fingerprint density at radius 1 is 0.283 bits per heavy atom. The number of aryl methyl sites for hydroxylation is 2. The van der Waals surface area contributed by atoms with Crippen LogP contribution in [0.1, 0.15) is 66.8 Å². The summed E-state index contributed by atoms with van der Waals surface area (Å²) >= 11 is 0. The molecule has 0 heterocycles. The van der Waals surface area contributed by atoms with Crippen LogP contribution in [0.4, 0.5) is 0 Å². The third-order valence-corrected chi connectivity index (χ3v) is 11.3. The van der Waals surface area contributed by atoms with Crippen LogP contribution in [-0.2, 0) is 0 Å². The van der Waals surface area contributed by atoms with Crippen LogP contribution in [0.2, 0.25) is 0 Å². The van der Waals surface area contributed by atoms with E-state index in [1.807, 2.05) is 0 Å². The van der Waals surface area contributed by atoms with Gasteiger partial charge in [-0.15, -0.1) is 0 Å². The Balaban J connectivity index is 1.15. The summed E-state index contributed by atoms with van der Waals surface area (Å²) in [6.07, 6.45) is 13.9.